The molecule has 0 saturated heterocycles. The van der Waals surface area contributed by atoms with Gasteiger partial charge in [-0.25, -0.2) is 8.42 Å². The summed E-state index contributed by atoms with van der Waals surface area (Å²) in [6.07, 6.45) is 5.84. The van der Waals surface area contributed by atoms with Crippen LogP contribution >= 0.6 is 11.3 Å². The molecule has 164 valence electrons. The van der Waals surface area contributed by atoms with E-state index in [4.69, 9.17) is 4.74 Å². The Kier molecular flexibility index (Phi) is 6.01. The monoisotopic (exact) mass is 460 g/mol. The topological polar surface area (TPSA) is 102 Å². The van der Waals surface area contributed by atoms with Crippen LogP contribution in [0.25, 0.3) is 10.6 Å². The van der Waals surface area contributed by atoms with Gasteiger partial charge in [-0.2, -0.15) is 5.10 Å². The quantitative estimate of drug-likeness (QED) is 0.541. The van der Waals surface area contributed by atoms with E-state index < -0.39 is 10.0 Å². The summed E-state index contributed by atoms with van der Waals surface area (Å²) in [5.41, 5.74) is 1.14. The number of methoxy groups -OCH3 is 1. The summed E-state index contributed by atoms with van der Waals surface area (Å²) in [5, 5.41) is 9.21. The molecular formula is C21H24N4O4S2. The lowest BCUT2D eigenvalue weighted by atomic mass is 10.2. The first-order valence-corrected chi connectivity index (χ1v) is 12.3. The molecule has 1 aliphatic carbocycles. The molecule has 1 amide bonds. The van der Waals surface area contributed by atoms with Gasteiger partial charge < -0.3 is 10.1 Å². The highest BCUT2D eigenvalue weighted by atomic mass is 32.2. The van der Waals surface area contributed by atoms with Gasteiger partial charge in [0.05, 0.1) is 23.7 Å². The number of sulfonamides is 1. The molecule has 0 radical (unpaired) electrons. The number of nitrogens with one attached hydrogen (secondary N) is 2. The van der Waals surface area contributed by atoms with Crippen LogP contribution in [0.15, 0.2) is 46.8 Å². The lowest BCUT2D eigenvalue weighted by Crippen LogP contribution is -2.15. The molecule has 10 heteroatoms. The molecule has 2 aromatic heterocycles. The highest BCUT2D eigenvalue weighted by Gasteiger charge is 2.28. The summed E-state index contributed by atoms with van der Waals surface area (Å²) in [6, 6.07) is 8.73. The molecule has 0 atom stereocenters. The Hall–Kier alpha value is -2.85. The second-order valence-electron chi connectivity index (χ2n) is 7.44. The van der Waals surface area contributed by atoms with E-state index >= 15 is 0 Å². The SMILES string of the molecule is COc1ccc(NC(C)=O)cc1NS(=O)(=O)c1cn(C2CCCC2)nc1-c1cccs1. The summed E-state index contributed by atoms with van der Waals surface area (Å²) >= 11 is 1.45. The van der Waals surface area contributed by atoms with Crippen molar-refractivity contribution in [3.05, 3.63) is 41.9 Å². The molecule has 2 heterocycles. The minimum absolute atomic E-state index is 0.119. The molecule has 0 spiro atoms. The fourth-order valence-electron chi connectivity index (χ4n) is 3.78. The van der Waals surface area contributed by atoms with Crippen LogP contribution in [-0.4, -0.2) is 31.2 Å². The van der Waals surface area contributed by atoms with E-state index in [2.05, 4.69) is 15.1 Å². The molecule has 1 aliphatic rings. The predicted molar refractivity (Wildman–Crippen MR) is 121 cm³/mol. The van der Waals surface area contributed by atoms with Crippen molar-refractivity contribution >= 4 is 38.6 Å². The van der Waals surface area contributed by atoms with Crippen LogP contribution in [0.4, 0.5) is 11.4 Å². The maximum absolute atomic E-state index is 13.4. The number of hydrogen-bond acceptors (Lipinski definition) is 6. The Bertz CT molecular complexity index is 1180. The number of aromatic nitrogens is 2. The number of amides is 1. The molecule has 1 fully saturated rings. The van der Waals surface area contributed by atoms with Gasteiger partial charge in [0.1, 0.15) is 16.3 Å². The Morgan fingerprint density at radius 3 is 2.68 bits per heavy atom. The number of benzene rings is 1. The van der Waals surface area contributed by atoms with Crippen LogP contribution in [0.5, 0.6) is 5.75 Å². The van der Waals surface area contributed by atoms with E-state index in [1.54, 1.807) is 23.0 Å². The maximum Gasteiger partial charge on any atom is 0.265 e. The van der Waals surface area contributed by atoms with Crippen LogP contribution in [-0.2, 0) is 14.8 Å². The van der Waals surface area contributed by atoms with Crippen molar-refractivity contribution < 1.29 is 17.9 Å². The number of hydrogen-bond donors (Lipinski definition) is 2. The van der Waals surface area contributed by atoms with E-state index in [1.807, 2.05) is 17.5 Å². The second kappa shape index (κ2) is 8.72. The number of carbonyl (C=O) groups is 1. The molecule has 2 N–H and O–H groups in total. The van der Waals surface area contributed by atoms with Crippen LogP contribution in [0, 0.1) is 0 Å². The summed E-state index contributed by atoms with van der Waals surface area (Å²) in [5.74, 6) is 0.0929. The highest BCUT2D eigenvalue weighted by molar-refractivity contribution is 7.92. The standard InChI is InChI=1S/C21H24N4O4S2/c1-14(26)22-15-9-10-18(29-2)17(12-15)24-31(27,28)20-13-25(16-6-3-4-7-16)23-21(20)19-8-5-11-30-19/h5,8-13,16,24H,3-4,6-7H2,1-2H3,(H,22,26). The molecule has 1 aromatic carbocycles. The van der Waals surface area contributed by atoms with Gasteiger partial charge in [-0.15, -0.1) is 11.3 Å². The van der Waals surface area contributed by atoms with Gasteiger partial charge in [0.25, 0.3) is 10.0 Å². The van der Waals surface area contributed by atoms with Crippen molar-refractivity contribution in [3.8, 4) is 16.3 Å². The minimum atomic E-state index is -3.98. The van der Waals surface area contributed by atoms with Crippen molar-refractivity contribution in [2.75, 3.05) is 17.1 Å². The van der Waals surface area contributed by atoms with Gasteiger partial charge in [-0.1, -0.05) is 18.9 Å². The molecule has 0 bridgehead atoms. The number of rotatable bonds is 7. The molecule has 31 heavy (non-hydrogen) atoms. The van der Waals surface area contributed by atoms with Crippen molar-refractivity contribution in [1.29, 1.82) is 0 Å². The lowest BCUT2D eigenvalue weighted by Gasteiger charge is -2.13. The van der Waals surface area contributed by atoms with E-state index in [-0.39, 0.29) is 22.5 Å². The molecule has 3 aromatic rings. The summed E-state index contributed by atoms with van der Waals surface area (Å²) in [7, 11) is -2.52. The van der Waals surface area contributed by atoms with Gasteiger partial charge >= 0.3 is 0 Å². The summed E-state index contributed by atoms with van der Waals surface area (Å²) in [6.45, 7) is 1.39. The zero-order valence-electron chi connectivity index (χ0n) is 17.3. The van der Waals surface area contributed by atoms with E-state index in [0.29, 0.717) is 17.1 Å². The largest absolute Gasteiger partial charge is 0.495 e. The number of carbonyl (C=O) groups excluding carboxylic acids is 1. The van der Waals surface area contributed by atoms with Crippen molar-refractivity contribution in [3.63, 3.8) is 0 Å². The van der Waals surface area contributed by atoms with Crippen LogP contribution in [0.3, 0.4) is 0 Å². The fraction of sp³-hybridized carbons (Fsp3) is 0.333. The van der Waals surface area contributed by atoms with Crippen LogP contribution in [0.1, 0.15) is 38.6 Å². The molecule has 0 unspecified atom stereocenters. The first-order chi connectivity index (χ1) is 14.9. The highest BCUT2D eigenvalue weighted by Crippen LogP contribution is 2.36. The Morgan fingerprint density at radius 2 is 2.03 bits per heavy atom. The number of ether oxygens (including phenoxy) is 1. The lowest BCUT2D eigenvalue weighted by molar-refractivity contribution is -0.114. The van der Waals surface area contributed by atoms with E-state index in [1.165, 1.54) is 31.4 Å². The second-order valence-corrected chi connectivity index (χ2v) is 10.0. The number of thiophene rings is 1. The van der Waals surface area contributed by atoms with Gasteiger partial charge in [-0.3, -0.25) is 14.2 Å². The summed E-state index contributed by atoms with van der Waals surface area (Å²) in [4.78, 5) is 12.3. The van der Waals surface area contributed by atoms with E-state index in [0.717, 1.165) is 30.6 Å². The third-order valence-electron chi connectivity index (χ3n) is 5.21. The van der Waals surface area contributed by atoms with Crippen LogP contribution in [0.2, 0.25) is 0 Å². The van der Waals surface area contributed by atoms with Gasteiger partial charge in [0, 0.05) is 18.8 Å². The Morgan fingerprint density at radius 1 is 1.26 bits per heavy atom. The third-order valence-corrected chi connectivity index (χ3v) is 7.45. The minimum Gasteiger partial charge on any atom is -0.495 e. The first-order valence-electron chi connectivity index (χ1n) is 9.99. The van der Waals surface area contributed by atoms with E-state index in [9.17, 15) is 13.2 Å². The van der Waals surface area contributed by atoms with Crippen molar-refractivity contribution in [2.45, 2.75) is 43.5 Å². The summed E-state index contributed by atoms with van der Waals surface area (Å²) < 4.78 is 36.6. The average molecular weight is 461 g/mol. The molecule has 8 nitrogen and oxygen atoms in total. The normalized spacial score (nSPS) is 14.5. The smallest absolute Gasteiger partial charge is 0.265 e. The Labute approximate surface area is 185 Å². The molecular weight excluding hydrogens is 436 g/mol. The predicted octanol–water partition coefficient (Wildman–Crippen LogP) is 4.49. The first kappa shape index (κ1) is 21.4. The third kappa shape index (κ3) is 4.59. The van der Waals surface area contributed by atoms with Crippen molar-refractivity contribution in [1.82, 2.24) is 9.78 Å². The van der Waals surface area contributed by atoms with Crippen molar-refractivity contribution in [2.24, 2.45) is 0 Å². The van der Waals surface area contributed by atoms with Gasteiger partial charge in [0.15, 0.2) is 0 Å². The number of nitrogens with zero attached hydrogens (tertiary/aromatic N) is 2. The molecule has 4 rings (SSSR count). The van der Waals surface area contributed by atoms with Crippen LogP contribution < -0.4 is 14.8 Å². The number of anilines is 2. The van der Waals surface area contributed by atoms with Gasteiger partial charge in [-0.05, 0) is 42.5 Å². The Balaban J connectivity index is 1.74. The maximum atomic E-state index is 13.4. The zero-order valence-corrected chi connectivity index (χ0v) is 18.9. The fourth-order valence-corrected chi connectivity index (χ4v) is 5.78. The molecule has 1 saturated carbocycles. The average Bonchev–Trinajstić information content (AvgIpc) is 3.47. The molecule has 0 aliphatic heterocycles. The zero-order chi connectivity index (χ0) is 22.0. The van der Waals surface area contributed by atoms with Gasteiger partial charge in [0.2, 0.25) is 5.91 Å².